The Morgan fingerprint density at radius 1 is 1.05 bits per heavy atom. The lowest BCUT2D eigenvalue weighted by molar-refractivity contribution is -0.132. The van der Waals surface area contributed by atoms with Gasteiger partial charge in [-0.15, -0.1) is 0 Å². The number of rotatable bonds is 4. The van der Waals surface area contributed by atoms with Crippen LogP contribution in [0.15, 0.2) is 0 Å². The van der Waals surface area contributed by atoms with Crippen LogP contribution >= 0.6 is 0 Å². The van der Waals surface area contributed by atoms with Gasteiger partial charge in [0, 0.05) is 32.1 Å². The van der Waals surface area contributed by atoms with E-state index in [1.807, 2.05) is 7.05 Å². The average molecular weight is 290 g/mol. The van der Waals surface area contributed by atoms with Crippen LogP contribution in [0, 0.1) is 23.7 Å². The Labute approximate surface area is 128 Å². The van der Waals surface area contributed by atoms with E-state index in [1.54, 1.807) is 0 Å². The van der Waals surface area contributed by atoms with Crippen molar-refractivity contribution in [3.8, 4) is 0 Å². The van der Waals surface area contributed by atoms with Crippen molar-refractivity contribution < 1.29 is 4.79 Å². The summed E-state index contributed by atoms with van der Waals surface area (Å²) in [6, 6.07) is 1.41. The van der Waals surface area contributed by atoms with Gasteiger partial charge in [0.2, 0.25) is 5.91 Å². The zero-order valence-corrected chi connectivity index (χ0v) is 13.4. The van der Waals surface area contributed by atoms with E-state index in [-0.39, 0.29) is 0 Å². The summed E-state index contributed by atoms with van der Waals surface area (Å²) in [5.74, 6) is 3.77. The summed E-state index contributed by atoms with van der Waals surface area (Å²) in [5, 5.41) is 3.67. The SMILES string of the molecule is CN(CC1CC2CCC1C2)C(=O)CC1CC2CCC(C1)N2. The Kier molecular flexibility index (Phi) is 3.72. The quantitative estimate of drug-likeness (QED) is 0.863. The molecule has 2 heterocycles. The maximum absolute atomic E-state index is 12.5. The highest BCUT2D eigenvalue weighted by Gasteiger charge is 2.40. The average Bonchev–Trinajstić information content (AvgIpc) is 3.15. The van der Waals surface area contributed by atoms with Crippen molar-refractivity contribution >= 4 is 5.91 Å². The molecule has 2 aliphatic carbocycles. The third-order valence-electron chi connectivity index (χ3n) is 6.85. The van der Waals surface area contributed by atoms with E-state index in [4.69, 9.17) is 0 Å². The minimum Gasteiger partial charge on any atom is -0.345 e. The summed E-state index contributed by atoms with van der Waals surface area (Å²) in [4.78, 5) is 14.6. The normalized spacial score (nSPS) is 44.2. The molecule has 1 N–H and O–H groups in total. The van der Waals surface area contributed by atoms with E-state index in [0.29, 0.717) is 23.9 Å². The second-order valence-electron chi connectivity index (χ2n) is 8.39. The maximum Gasteiger partial charge on any atom is 0.222 e. The first kappa shape index (κ1) is 14.0. The lowest BCUT2D eigenvalue weighted by Crippen LogP contribution is -2.40. The number of piperidine rings is 1. The molecule has 2 saturated heterocycles. The van der Waals surface area contributed by atoms with Gasteiger partial charge in [0.25, 0.3) is 0 Å². The second kappa shape index (κ2) is 5.57. The van der Waals surface area contributed by atoms with Crippen molar-refractivity contribution in [3.63, 3.8) is 0 Å². The molecule has 118 valence electrons. The summed E-state index contributed by atoms with van der Waals surface area (Å²) in [6.07, 6.45) is 11.6. The number of hydrogen-bond acceptors (Lipinski definition) is 2. The van der Waals surface area contributed by atoms with Gasteiger partial charge in [-0.3, -0.25) is 4.79 Å². The largest absolute Gasteiger partial charge is 0.345 e. The zero-order valence-electron chi connectivity index (χ0n) is 13.4. The standard InChI is InChI=1S/C18H30N2O/c1-20(11-15-7-12-2-3-14(15)6-12)18(21)10-13-8-16-4-5-17(9-13)19-16/h12-17,19H,2-11H2,1H3. The minimum atomic E-state index is 0.407. The van der Waals surface area contributed by atoms with E-state index in [2.05, 4.69) is 10.2 Å². The first-order valence-electron chi connectivity index (χ1n) is 9.17. The molecule has 0 aromatic heterocycles. The van der Waals surface area contributed by atoms with Crippen molar-refractivity contribution in [2.75, 3.05) is 13.6 Å². The molecule has 5 atom stereocenters. The predicted octanol–water partition coefficient (Wildman–Crippen LogP) is 2.80. The Bertz CT molecular complexity index is 398. The number of fused-ring (bicyclic) bond motifs is 4. The highest BCUT2D eigenvalue weighted by Crippen LogP contribution is 2.48. The van der Waals surface area contributed by atoms with E-state index < -0.39 is 0 Å². The van der Waals surface area contributed by atoms with Crippen molar-refractivity contribution in [2.45, 2.75) is 69.9 Å². The number of amides is 1. The molecule has 0 aromatic rings. The number of carbonyl (C=O) groups excluding carboxylic acids is 1. The molecule has 5 unspecified atom stereocenters. The summed E-state index contributed by atoms with van der Waals surface area (Å²) in [6.45, 7) is 1.03. The lowest BCUT2D eigenvalue weighted by atomic mass is 9.87. The van der Waals surface area contributed by atoms with Gasteiger partial charge >= 0.3 is 0 Å². The first-order chi connectivity index (χ1) is 10.2. The van der Waals surface area contributed by atoms with Crippen molar-refractivity contribution in [1.29, 1.82) is 0 Å². The molecule has 0 aromatic carbocycles. The first-order valence-corrected chi connectivity index (χ1v) is 9.17. The molecule has 1 amide bonds. The second-order valence-corrected chi connectivity index (χ2v) is 8.39. The van der Waals surface area contributed by atoms with Gasteiger partial charge in [-0.25, -0.2) is 0 Å². The number of nitrogens with zero attached hydrogens (tertiary/aromatic N) is 1. The molecule has 3 heteroatoms. The van der Waals surface area contributed by atoms with Crippen molar-refractivity contribution in [2.24, 2.45) is 23.7 Å². The number of carbonyl (C=O) groups is 1. The summed E-state index contributed by atoms with van der Waals surface area (Å²) in [5.41, 5.74) is 0. The highest BCUT2D eigenvalue weighted by molar-refractivity contribution is 5.76. The van der Waals surface area contributed by atoms with Gasteiger partial charge in [-0.2, -0.15) is 0 Å². The van der Waals surface area contributed by atoms with E-state index in [0.717, 1.165) is 30.7 Å². The zero-order chi connectivity index (χ0) is 14.4. The molecule has 0 radical (unpaired) electrons. The Morgan fingerprint density at radius 3 is 2.43 bits per heavy atom. The van der Waals surface area contributed by atoms with Crippen molar-refractivity contribution in [3.05, 3.63) is 0 Å². The Balaban J connectivity index is 1.26. The van der Waals surface area contributed by atoms with Gasteiger partial charge in [-0.05, 0) is 68.6 Å². The van der Waals surface area contributed by atoms with Crippen LogP contribution in [0.2, 0.25) is 0 Å². The highest BCUT2D eigenvalue weighted by atomic mass is 16.2. The summed E-state index contributed by atoms with van der Waals surface area (Å²) >= 11 is 0. The molecule has 3 nitrogen and oxygen atoms in total. The summed E-state index contributed by atoms with van der Waals surface area (Å²) in [7, 11) is 2.05. The van der Waals surface area contributed by atoms with Crippen molar-refractivity contribution in [1.82, 2.24) is 10.2 Å². The van der Waals surface area contributed by atoms with Crippen LogP contribution in [0.5, 0.6) is 0 Å². The topological polar surface area (TPSA) is 32.3 Å². The monoisotopic (exact) mass is 290 g/mol. The van der Waals surface area contributed by atoms with Crippen LogP contribution in [0.1, 0.15) is 57.8 Å². The van der Waals surface area contributed by atoms with Crippen LogP contribution < -0.4 is 5.32 Å². The fraction of sp³-hybridized carbons (Fsp3) is 0.944. The third-order valence-corrected chi connectivity index (χ3v) is 6.85. The number of nitrogens with one attached hydrogen (secondary N) is 1. The molecule has 4 rings (SSSR count). The molecule has 4 fully saturated rings. The van der Waals surface area contributed by atoms with Gasteiger partial charge < -0.3 is 10.2 Å². The van der Waals surface area contributed by atoms with E-state index in [9.17, 15) is 4.79 Å². The van der Waals surface area contributed by atoms with Gasteiger partial charge in [-0.1, -0.05) is 6.42 Å². The molecule has 2 saturated carbocycles. The van der Waals surface area contributed by atoms with E-state index >= 15 is 0 Å². The smallest absolute Gasteiger partial charge is 0.222 e. The maximum atomic E-state index is 12.5. The Morgan fingerprint density at radius 2 is 1.81 bits per heavy atom. The van der Waals surface area contributed by atoms with Crippen LogP contribution in [-0.4, -0.2) is 36.5 Å². The molecule has 2 aliphatic heterocycles. The predicted molar refractivity (Wildman–Crippen MR) is 83.9 cm³/mol. The third kappa shape index (κ3) is 2.86. The molecule has 21 heavy (non-hydrogen) atoms. The van der Waals surface area contributed by atoms with Crippen LogP contribution in [-0.2, 0) is 4.79 Å². The van der Waals surface area contributed by atoms with Crippen LogP contribution in [0.4, 0.5) is 0 Å². The number of hydrogen-bond donors (Lipinski definition) is 1. The summed E-state index contributed by atoms with van der Waals surface area (Å²) < 4.78 is 0. The molecular formula is C18H30N2O. The lowest BCUT2D eigenvalue weighted by Gasteiger charge is -2.31. The molecule has 0 spiro atoms. The van der Waals surface area contributed by atoms with Gasteiger partial charge in [0.15, 0.2) is 0 Å². The molecule has 4 bridgehead atoms. The fourth-order valence-electron chi connectivity index (χ4n) is 5.80. The van der Waals surface area contributed by atoms with Gasteiger partial charge in [0.05, 0.1) is 0 Å². The molecular weight excluding hydrogens is 260 g/mol. The van der Waals surface area contributed by atoms with E-state index in [1.165, 1.54) is 51.4 Å². The van der Waals surface area contributed by atoms with Crippen LogP contribution in [0.3, 0.4) is 0 Å². The van der Waals surface area contributed by atoms with Gasteiger partial charge in [0.1, 0.15) is 0 Å². The molecule has 4 aliphatic rings. The fourth-order valence-corrected chi connectivity index (χ4v) is 5.80. The Hall–Kier alpha value is -0.570. The minimum absolute atomic E-state index is 0.407. The van der Waals surface area contributed by atoms with Crippen LogP contribution in [0.25, 0.3) is 0 Å².